The lowest BCUT2D eigenvalue weighted by atomic mass is 9.99. The molecule has 1 N–H and O–H groups in total. The number of amides is 1. The maximum Gasteiger partial charge on any atom is 0.243 e. The third kappa shape index (κ3) is 4.50. The Balaban J connectivity index is 1.47. The summed E-state index contributed by atoms with van der Waals surface area (Å²) in [5.41, 5.74) is 1.60. The summed E-state index contributed by atoms with van der Waals surface area (Å²) >= 11 is 9.04. The molecule has 2 aromatic carbocycles. The van der Waals surface area contributed by atoms with Crippen LogP contribution in [0.25, 0.3) is 10.2 Å². The van der Waals surface area contributed by atoms with Crippen molar-refractivity contribution < 1.29 is 13.2 Å². The van der Waals surface area contributed by atoms with E-state index >= 15 is 0 Å². The second-order valence-electron chi connectivity index (χ2n) is 7.01. The van der Waals surface area contributed by atoms with Gasteiger partial charge in [0.05, 0.1) is 21.0 Å². The number of piperidine rings is 1. The fraction of sp³-hybridized carbons (Fsp3) is 0.300. The Morgan fingerprint density at radius 3 is 2.77 bits per heavy atom. The minimum absolute atomic E-state index is 0.163. The summed E-state index contributed by atoms with van der Waals surface area (Å²) in [4.78, 5) is 17.5. The van der Waals surface area contributed by atoms with E-state index in [0.29, 0.717) is 30.1 Å². The van der Waals surface area contributed by atoms with Crippen molar-refractivity contribution >= 4 is 66.5 Å². The topological polar surface area (TPSA) is 79.4 Å². The number of halogens is 1. The Bertz CT molecular complexity index is 1180. The summed E-state index contributed by atoms with van der Waals surface area (Å²) in [6.45, 7) is 0.565. The predicted octanol–water partition coefficient (Wildman–Crippen LogP) is 4.71. The number of thiazole rings is 1. The largest absolute Gasteiger partial charge is 0.326 e. The highest BCUT2D eigenvalue weighted by molar-refractivity contribution is 8.00. The number of nitrogens with zero attached hydrogens (tertiary/aromatic N) is 2. The van der Waals surface area contributed by atoms with Gasteiger partial charge >= 0.3 is 0 Å². The highest BCUT2D eigenvalue weighted by atomic mass is 35.5. The van der Waals surface area contributed by atoms with Gasteiger partial charge in [0, 0.05) is 23.8 Å². The third-order valence-electron chi connectivity index (χ3n) is 5.02. The smallest absolute Gasteiger partial charge is 0.243 e. The van der Waals surface area contributed by atoms with E-state index in [-0.39, 0.29) is 17.3 Å². The van der Waals surface area contributed by atoms with E-state index < -0.39 is 15.9 Å². The van der Waals surface area contributed by atoms with Crippen LogP contribution >= 0.6 is 34.7 Å². The number of benzene rings is 2. The summed E-state index contributed by atoms with van der Waals surface area (Å²) < 4.78 is 29.3. The van der Waals surface area contributed by atoms with E-state index in [2.05, 4.69) is 10.3 Å². The lowest BCUT2D eigenvalue weighted by Crippen LogP contribution is -2.43. The second-order valence-corrected chi connectivity index (χ2v) is 11.5. The summed E-state index contributed by atoms with van der Waals surface area (Å²) in [5.74, 6) is -0.570. The van der Waals surface area contributed by atoms with Crippen molar-refractivity contribution in [2.75, 3.05) is 24.7 Å². The number of carbonyl (C=O) groups excluding carboxylic acids is 1. The van der Waals surface area contributed by atoms with Crippen LogP contribution in [0.1, 0.15) is 12.8 Å². The Kier molecular flexibility index (Phi) is 6.36. The normalized spacial score (nSPS) is 17.9. The molecule has 1 aliphatic heterocycles. The van der Waals surface area contributed by atoms with Crippen LogP contribution in [-0.2, 0) is 14.8 Å². The minimum Gasteiger partial charge on any atom is -0.326 e. The molecule has 1 saturated heterocycles. The van der Waals surface area contributed by atoms with Gasteiger partial charge in [-0.1, -0.05) is 23.4 Å². The molecule has 158 valence electrons. The summed E-state index contributed by atoms with van der Waals surface area (Å²) in [7, 11) is -3.66. The molecule has 3 aromatic rings. The van der Waals surface area contributed by atoms with Gasteiger partial charge in [0.1, 0.15) is 0 Å². The number of hydrogen-bond acceptors (Lipinski definition) is 6. The number of fused-ring (bicyclic) bond motifs is 1. The number of rotatable bonds is 5. The van der Waals surface area contributed by atoms with Crippen molar-refractivity contribution in [1.82, 2.24) is 9.29 Å². The molecule has 0 aliphatic carbocycles. The summed E-state index contributed by atoms with van der Waals surface area (Å²) in [6.07, 6.45) is 3.26. The molecule has 4 rings (SSSR count). The van der Waals surface area contributed by atoms with E-state index in [1.807, 2.05) is 24.5 Å². The summed E-state index contributed by atoms with van der Waals surface area (Å²) in [5, 5.41) is 3.42. The lowest BCUT2D eigenvalue weighted by molar-refractivity contribution is -0.120. The number of sulfonamides is 1. The molecular weight excluding hydrogens is 462 g/mol. The fourth-order valence-electron chi connectivity index (χ4n) is 3.44. The van der Waals surface area contributed by atoms with Crippen LogP contribution in [0.5, 0.6) is 0 Å². The first kappa shape index (κ1) is 21.6. The van der Waals surface area contributed by atoms with Crippen molar-refractivity contribution in [2.45, 2.75) is 22.1 Å². The zero-order chi connectivity index (χ0) is 21.3. The molecule has 30 heavy (non-hydrogen) atoms. The van der Waals surface area contributed by atoms with Gasteiger partial charge in [-0.05, 0) is 61.6 Å². The fourth-order valence-corrected chi connectivity index (χ4v) is 6.62. The number of carbonyl (C=O) groups is 1. The number of thioether (sulfide) groups is 1. The molecule has 0 saturated carbocycles. The maximum absolute atomic E-state index is 12.9. The van der Waals surface area contributed by atoms with E-state index in [0.717, 1.165) is 14.6 Å². The van der Waals surface area contributed by atoms with Crippen LogP contribution < -0.4 is 5.32 Å². The summed E-state index contributed by atoms with van der Waals surface area (Å²) in [6, 6.07) is 11.7. The lowest BCUT2D eigenvalue weighted by Gasteiger charge is -2.31. The molecule has 1 aliphatic rings. The molecule has 1 fully saturated rings. The molecule has 1 aromatic heterocycles. The minimum atomic E-state index is -3.66. The first-order valence-corrected chi connectivity index (χ1v) is 13.2. The second kappa shape index (κ2) is 8.84. The average Bonchev–Trinajstić information content (AvgIpc) is 3.16. The van der Waals surface area contributed by atoms with Gasteiger partial charge in [0.2, 0.25) is 15.9 Å². The van der Waals surface area contributed by atoms with Crippen LogP contribution in [0.4, 0.5) is 5.69 Å². The first-order chi connectivity index (χ1) is 14.4. The quantitative estimate of drug-likeness (QED) is 0.534. The average molecular weight is 482 g/mol. The Hall–Kier alpha value is -1.65. The van der Waals surface area contributed by atoms with Gasteiger partial charge < -0.3 is 5.32 Å². The number of hydrogen-bond donors (Lipinski definition) is 1. The molecule has 6 nitrogen and oxygen atoms in total. The Morgan fingerprint density at radius 2 is 2.03 bits per heavy atom. The SMILES string of the molecule is CSc1nc2ccc(NC(=O)C3CCCN(S(=O)(=O)c4ccc(Cl)cc4)C3)cc2s1. The van der Waals surface area contributed by atoms with E-state index in [1.54, 1.807) is 35.2 Å². The van der Waals surface area contributed by atoms with Gasteiger partial charge in [0.15, 0.2) is 4.34 Å². The highest BCUT2D eigenvalue weighted by Gasteiger charge is 2.33. The maximum atomic E-state index is 12.9. The van der Waals surface area contributed by atoms with E-state index in [4.69, 9.17) is 11.6 Å². The van der Waals surface area contributed by atoms with Crippen LogP contribution in [0.15, 0.2) is 51.7 Å². The van der Waals surface area contributed by atoms with Crippen LogP contribution in [0.3, 0.4) is 0 Å². The molecule has 2 heterocycles. The zero-order valence-electron chi connectivity index (χ0n) is 16.2. The molecule has 0 bridgehead atoms. The van der Waals surface area contributed by atoms with Gasteiger partial charge in [-0.15, -0.1) is 11.3 Å². The number of aromatic nitrogens is 1. The van der Waals surface area contributed by atoms with Gasteiger partial charge in [-0.2, -0.15) is 4.31 Å². The van der Waals surface area contributed by atoms with E-state index in [9.17, 15) is 13.2 Å². The van der Waals surface area contributed by atoms with Gasteiger partial charge in [-0.25, -0.2) is 13.4 Å². The van der Waals surface area contributed by atoms with Crippen LogP contribution in [0, 0.1) is 5.92 Å². The first-order valence-electron chi connectivity index (χ1n) is 9.38. The monoisotopic (exact) mass is 481 g/mol. The molecule has 0 spiro atoms. The van der Waals surface area contributed by atoms with E-state index in [1.165, 1.54) is 16.4 Å². The molecule has 10 heteroatoms. The molecule has 1 unspecified atom stereocenters. The molecule has 1 amide bonds. The van der Waals surface area contributed by atoms with Crippen molar-refractivity contribution in [3.63, 3.8) is 0 Å². The van der Waals surface area contributed by atoms with Crippen molar-refractivity contribution in [2.24, 2.45) is 5.92 Å². The van der Waals surface area contributed by atoms with Gasteiger partial charge in [-0.3, -0.25) is 4.79 Å². The number of nitrogens with one attached hydrogen (secondary N) is 1. The zero-order valence-corrected chi connectivity index (χ0v) is 19.4. The molecule has 0 radical (unpaired) electrons. The third-order valence-corrected chi connectivity index (χ3v) is 9.15. The Morgan fingerprint density at radius 1 is 1.27 bits per heavy atom. The Labute approximate surface area is 188 Å². The van der Waals surface area contributed by atoms with Crippen LogP contribution in [-0.4, -0.2) is 43.0 Å². The van der Waals surface area contributed by atoms with Crippen molar-refractivity contribution in [1.29, 1.82) is 0 Å². The molecule has 1 atom stereocenters. The predicted molar refractivity (Wildman–Crippen MR) is 123 cm³/mol. The highest BCUT2D eigenvalue weighted by Crippen LogP contribution is 2.31. The van der Waals surface area contributed by atoms with Crippen LogP contribution in [0.2, 0.25) is 5.02 Å². The number of anilines is 1. The standard InChI is InChI=1S/C20H20ClN3O3S3/c1-28-20-23-17-9-6-15(11-18(17)29-20)22-19(25)13-3-2-10-24(12-13)30(26,27)16-7-4-14(21)5-8-16/h4-9,11,13H,2-3,10,12H2,1H3,(H,22,25). The van der Waals surface area contributed by atoms with Crippen molar-refractivity contribution in [3.8, 4) is 0 Å². The van der Waals surface area contributed by atoms with Gasteiger partial charge in [0.25, 0.3) is 0 Å². The molecular formula is C20H20ClN3O3S3. The van der Waals surface area contributed by atoms with Crippen molar-refractivity contribution in [3.05, 3.63) is 47.5 Å².